The molecule has 3 aromatic carbocycles. The van der Waals surface area contributed by atoms with Crippen molar-refractivity contribution in [2.75, 3.05) is 11.1 Å². The third kappa shape index (κ3) is 5.01. The summed E-state index contributed by atoms with van der Waals surface area (Å²) in [6.45, 7) is 0. The third-order valence-electron chi connectivity index (χ3n) is 8.18. The van der Waals surface area contributed by atoms with Gasteiger partial charge < -0.3 is 15.6 Å². The Labute approximate surface area is 246 Å². The lowest BCUT2D eigenvalue weighted by Gasteiger charge is -2.28. The number of carbonyl (C=O) groups excluding carboxylic acids is 2. The van der Waals surface area contributed by atoms with Crippen LogP contribution in [0.2, 0.25) is 0 Å². The van der Waals surface area contributed by atoms with Gasteiger partial charge >= 0.3 is 0 Å². The van der Waals surface area contributed by atoms with Crippen molar-refractivity contribution in [1.29, 1.82) is 0 Å². The Kier molecular flexibility index (Phi) is 6.46. The predicted molar refractivity (Wildman–Crippen MR) is 165 cm³/mol. The van der Waals surface area contributed by atoms with Crippen LogP contribution in [0.25, 0.3) is 33.1 Å². The second-order valence-corrected chi connectivity index (χ2v) is 13.0. The highest BCUT2D eigenvalue weighted by Gasteiger charge is 2.28. The minimum absolute atomic E-state index is 0.160. The summed E-state index contributed by atoms with van der Waals surface area (Å²) in [5, 5.41) is 15.6. The zero-order valence-electron chi connectivity index (χ0n) is 22.9. The van der Waals surface area contributed by atoms with Gasteiger partial charge in [0.25, 0.3) is 17.4 Å². The molecule has 3 heterocycles. The smallest absolute Gasteiger partial charge is 0.261 e. The molecule has 11 heteroatoms. The second kappa shape index (κ2) is 10.4. The molecule has 4 N–H and O–H groups in total. The van der Waals surface area contributed by atoms with Crippen LogP contribution in [-0.4, -0.2) is 47.2 Å². The van der Waals surface area contributed by atoms with Crippen molar-refractivity contribution < 1.29 is 18.0 Å². The number of rotatable bonds is 6. The highest BCUT2D eigenvalue weighted by molar-refractivity contribution is 7.94. The molecular weight excluding hydrogens is 566 g/mol. The summed E-state index contributed by atoms with van der Waals surface area (Å²) in [7, 11) is -3.38. The average Bonchev–Trinajstić information content (AvgIpc) is 3.53. The Balaban J connectivity index is 1.24. The molecule has 0 spiro atoms. The van der Waals surface area contributed by atoms with Crippen molar-refractivity contribution in [1.82, 2.24) is 20.5 Å². The van der Waals surface area contributed by atoms with Gasteiger partial charge in [-0.05, 0) is 60.1 Å². The molecule has 1 saturated carbocycles. The number of benzene rings is 3. The number of sulfone groups is 1. The minimum Gasteiger partial charge on any atom is -0.345 e. The van der Waals surface area contributed by atoms with Crippen LogP contribution in [0, 0.1) is 0 Å². The summed E-state index contributed by atoms with van der Waals surface area (Å²) in [6.07, 6.45) is 4.33. The van der Waals surface area contributed by atoms with E-state index in [4.69, 9.17) is 0 Å². The summed E-state index contributed by atoms with van der Waals surface area (Å²) in [5.74, 6) is -1.12. The number of fused-ring (bicyclic) bond motifs is 2. The fourth-order valence-corrected chi connectivity index (χ4v) is 7.01. The maximum atomic E-state index is 13.9. The Morgan fingerprint density at radius 3 is 2.49 bits per heavy atom. The molecule has 216 valence electrons. The number of aromatic nitrogens is 3. The number of nitrogens with zero attached hydrogens (tertiary/aromatic N) is 1. The van der Waals surface area contributed by atoms with Crippen molar-refractivity contribution in [3.63, 3.8) is 0 Å². The van der Waals surface area contributed by atoms with E-state index in [1.54, 1.807) is 12.1 Å². The molecule has 0 unspecified atom stereocenters. The van der Waals surface area contributed by atoms with E-state index in [0.29, 0.717) is 22.2 Å². The number of hydrogen-bond acceptors (Lipinski definition) is 6. The highest BCUT2D eigenvalue weighted by atomic mass is 32.2. The number of amides is 2. The molecule has 43 heavy (non-hydrogen) atoms. The lowest BCUT2D eigenvalue weighted by atomic mass is 9.77. The van der Waals surface area contributed by atoms with Crippen molar-refractivity contribution in [3.05, 3.63) is 105 Å². The second-order valence-electron chi connectivity index (χ2n) is 11.0. The minimum atomic E-state index is -3.38. The monoisotopic (exact) mass is 593 g/mol. The van der Waals surface area contributed by atoms with E-state index in [-0.39, 0.29) is 23.1 Å². The van der Waals surface area contributed by atoms with E-state index < -0.39 is 27.3 Å². The van der Waals surface area contributed by atoms with Gasteiger partial charge in [-0.2, -0.15) is 5.10 Å². The fourth-order valence-electron chi connectivity index (χ4n) is 5.78. The number of carbonyl (C=O) groups is 2. The normalized spacial score (nSPS) is 17.6. The van der Waals surface area contributed by atoms with Crippen LogP contribution in [-0.2, 0) is 9.84 Å². The van der Waals surface area contributed by atoms with Crippen molar-refractivity contribution in [2.24, 2.45) is 0 Å². The number of H-pyrrole nitrogens is 2. The van der Waals surface area contributed by atoms with Crippen molar-refractivity contribution in [3.8, 4) is 11.3 Å². The van der Waals surface area contributed by atoms with Crippen LogP contribution in [0.15, 0.2) is 83.0 Å². The molecule has 2 aliphatic rings. The number of hydrogen-bond donors (Lipinski definition) is 4. The largest absolute Gasteiger partial charge is 0.345 e. The standard InChI is InChI=1S/C32H27N5O5S/c38-30(34-22-13-14-43(41,42)17-22)25-15-20-9-11-23(18-7-4-8-18)27(29(20)35-31(25)39)32(40)33-21-10-12-26-24(16-21)28(37-36-26)19-5-2-1-3-6-19/h1-3,5-6,9-16,18,22H,4,7-8,17H2,(H,33,40)(H,34,38)(H,35,39)(H,36,37)/t22-/m1/s1. The van der Waals surface area contributed by atoms with E-state index in [0.717, 1.165) is 52.4 Å². The van der Waals surface area contributed by atoms with E-state index in [9.17, 15) is 22.8 Å². The molecule has 7 rings (SSSR count). The summed E-state index contributed by atoms with van der Waals surface area (Å²) >= 11 is 0. The molecule has 1 aliphatic carbocycles. The predicted octanol–water partition coefficient (Wildman–Crippen LogP) is 4.63. The Morgan fingerprint density at radius 1 is 0.953 bits per heavy atom. The molecule has 5 aromatic rings. The average molecular weight is 594 g/mol. The highest BCUT2D eigenvalue weighted by Crippen LogP contribution is 2.40. The van der Waals surface area contributed by atoms with Crippen LogP contribution in [0.5, 0.6) is 0 Å². The van der Waals surface area contributed by atoms with Gasteiger partial charge in [-0.1, -0.05) is 48.9 Å². The molecule has 0 radical (unpaired) electrons. The van der Waals surface area contributed by atoms with Crippen LogP contribution < -0.4 is 16.2 Å². The van der Waals surface area contributed by atoms with Gasteiger partial charge in [0.05, 0.1) is 34.1 Å². The lowest BCUT2D eigenvalue weighted by molar-refractivity contribution is 0.0945. The first-order chi connectivity index (χ1) is 20.8. The topological polar surface area (TPSA) is 154 Å². The van der Waals surface area contributed by atoms with Crippen LogP contribution in [0.1, 0.15) is 51.5 Å². The van der Waals surface area contributed by atoms with E-state index in [1.807, 2.05) is 48.5 Å². The fraction of sp³-hybridized carbons (Fsp3) is 0.188. The first-order valence-corrected chi connectivity index (χ1v) is 15.7. The van der Waals surface area contributed by atoms with Crippen LogP contribution in [0.3, 0.4) is 0 Å². The molecule has 1 aliphatic heterocycles. The summed E-state index contributed by atoms with van der Waals surface area (Å²) < 4.78 is 23.5. The van der Waals surface area contributed by atoms with Gasteiger partial charge in [-0.15, -0.1) is 0 Å². The van der Waals surface area contributed by atoms with Crippen LogP contribution in [0.4, 0.5) is 5.69 Å². The molecule has 2 amide bonds. The molecule has 1 atom stereocenters. The van der Waals surface area contributed by atoms with Gasteiger partial charge in [-0.3, -0.25) is 19.5 Å². The van der Waals surface area contributed by atoms with Gasteiger partial charge in [0.15, 0.2) is 9.84 Å². The van der Waals surface area contributed by atoms with Crippen LogP contribution >= 0.6 is 0 Å². The van der Waals surface area contributed by atoms with E-state index >= 15 is 0 Å². The van der Waals surface area contributed by atoms with Gasteiger partial charge in [-0.25, -0.2) is 8.42 Å². The Hall–Kier alpha value is -5.03. The Morgan fingerprint density at radius 2 is 1.77 bits per heavy atom. The van der Waals surface area contributed by atoms with Crippen molar-refractivity contribution >= 4 is 49.1 Å². The number of nitrogens with one attached hydrogen (secondary N) is 4. The quantitative estimate of drug-likeness (QED) is 0.225. The molecular formula is C32H27N5O5S. The number of pyridine rings is 1. The molecule has 0 bridgehead atoms. The first kappa shape index (κ1) is 26.8. The molecule has 0 saturated heterocycles. The maximum absolute atomic E-state index is 13.9. The van der Waals surface area contributed by atoms with Gasteiger partial charge in [0, 0.05) is 22.0 Å². The molecule has 10 nitrogen and oxygen atoms in total. The zero-order chi connectivity index (χ0) is 29.7. The third-order valence-corrected chi connectivity index (χ3v) is 9.58. The summed E-state index contributed by atoms with van der Waals surface area (Å²) in [4.78, 5) is 42.8. The molecule has 2 aromatic heterocycles. The SMILES string of the molecule is O=C(N[C@@H]1C=CS(=O)(=O)C1)c1cc2ccc(C3CCC3)c(C(=O)Nc3ccc4[nH]nc(-c5ccccc5)c4c3)c2[nH]c1=O. The Bertz CT molecular complexity index is 2130. The van der Waals surface area contributed by atoms with Crippen molar-refractivity contribution in [2.45, 2.75) is 31.2 Å². The van der Waals surface area contributed by atoms with Gasteiger partial charge in [0.1, 0.15) is 5.56 Å². The number of aromatic amines is 2. The summed E-state index contributed by atoms with van der Waals surface area (Å²) in [6, 6.07) is 19.7. The zero-order valence-corrected chi connectivity index (χ0v) is 23.7. The number of anilines is 1. The van der Waals surface area contributed by atoms with Gasteiger partial charge in [0.2, 0.25) is 0 Å². The lowest BCUT2D eigenvalue weighted by Crippen LogP contribution is -2.38. The van der Waals surface area contributed by atoms with E-state index in [1.165, 1.54) is 12.1 Å². The summed E-state index contributed by atoms with van der Waals surface area (Å²) in [5.41, 5.74) is 3.86. The maximum Gasteiger partial charge on any atom is 0.261 e. The molecule has 1 fully saturated rings. The van der Waals surface area contributed by atoms with E-state index in [2.05, 4.69) is 25.8 Å². The first-order valence-electron chi connectivity index (χ1n) is 14.0.